The lowest BCUT2D eigenvalue weighted by molar-refractivity contribution is -0.311. The van der Waals surface area contributed by atoms with Crippen LogP contribution in [0.25, 0.3) is 0 Å². The zero-order chi connectivity index (χ0) is 39.5. The lowest BCUT2D eigenvalue weighted by Gasteiger charge is -2.48. The van der Waals surface area contributed by atoms with Gasteiger partial charge in [0.25, 0.3) is 0 Å². The third kappa shape index (κ3) is 10.7. The zero-order valence-electron chi connectivity index (χ0n) is 34.1. The van der Waals surface area contributed by atoms with Crippen LogP contribution in [-0.4, -0.2) is 127 Å². The number of rotatable bonds is 8. The number of esters is 2. The van der Waals surface area contributed by atoms with Gasteiger partial charge < -0.3 is 48.3 Å². The Hall–Kier alpha value is -1.71. The predicted octanol–water partition coefficient (Wildman–Crippen LogP) is 4.27. The fraction of sp³-hybridized carbons (Fsp3) is 0.923. The number of carbonyl (C=O) groups is 3. The van der Waals surface area contributed by atoms with E-state index in [2.05, 4.69) is 0 Å². The Morgan fingerprint density at radius 1 is 0.904 bits per heavy atom. The van der Waals surface area contributed by atoms with Gasteiger partial charge in [0.15, 0.2) is 18.7 Å². The number of ketones is 1. The highest BCUT2D eigenvalue weighted by Crippen LogP contribution is 2.40. The molecule has 0 unspecified atom stereocenters. The van der Waals surface area contributed by atoms with Crippen molar-refractivity contribution in [3.63, 3.8) is 0 Å². The van der Waals surface area contributed by atoms with E-state index in [9.17, 15) is 24.6 Å². The summed E-state index contributed by atoms with van der Waals surface area (Å²) in [6.45, 7) is 19.4. The molecule has 0 radical (unpaired) electrons. The number of carbonyl (C=O) groups excluding carboxylic acids is 3. The molecule has 0 aromatic carbocycles. The van der Waals surface area contributed by atoms with Crippen LogP contribution in [0.2, 0.25) is 0 Å². The van der Waals surface area contributed by atoms with Gasteiger partial charge in [-0.1, -0.05) is 34.6 Å². The van der Waals surface area contributed by atoms with E-state index in [0.29, 0.717) is 25.7 Å². The summed E-state index contributed by atoms with van der Waals surface area (Å²) in [5.74, 6) is -4.96. The molecule has 0 aromatic heterocycles. The highest BCUT2D eigenvalue weighted by atomic mass is 16.7. The molecule has 3 aliphatic heterocycles. The van der Waals surface area contributed by atoms with Crippen LogP contribution < -0.4 is 0 Å². The Bertz CT molecular complexity index is 1200. The summed E-state index contributed by atoms with van der Waals surface area (Å²) in [5, 5.41) is 23.9. The Morgan fingerprint density at radius 2 is 1.54 bits per heavy atom. The molecule has 3 heterocycles. The Kier molecular flexibility index (Phi) is 15.7. The summed E-state index contributed by atoms with van der Waals surface area (Å²) in [7, 11) is 5.43. The third-order valence-electron chi connectivity index (χ3n) is 11.8. The van der Waals surface area contributed by atoms with Gasteiger partial charge in [-0.15, -0.1) is 0 Å². The van der Waals surface area contributed by atoms with Crippen molar-refractivity contribution >= 4 is 17.7 Å². The van der Waals surface area contributed by atoms with Crippen LogP contribution in [-0.2, 0) is 47.5 Å². The summed E-state index contributed by atoms with van der Waals surface area (Å²) < 4.78 is 44.0. The summed E-state index contributed by atoms with van der Waals surface area (Å²) in [5.41, 5.74) is -2.26. The fourth-order valence-electron chi connectivity index (χ4n) is 8.71. The second kappa shape index (κ2) is 18.3. The van der Waals surface area contributed by atoms with Crippen LogP contribution in [0.1, 0.15) is 108 Å². The molecule has 0 bridgehead atoms. The second-order valence-corrected chi connectivity index (χ2v) is 16.8. The molecule has 0 aromatic rings. The van der Waals surface area contributed by atoms with E-state index in [1.54, 1.807) is 41.7 Å². The van der Waals surface area contributed by atoms with E-state index < -0.39 is 95.8 Å². The monoisotopic (exact) mass is 743 g/mol. The molecule has 0 aliphatic carbocycles. The topological polar surface area (TPSA) is 160 Å². The molecule has 17 atom stereocenters. The minimum atomic E-state index is -1.72. The van der Waals surface area contributed by atoms with Gasteiger partial charge >= 0.3 is 11.9 Å². The molecular weight excluding hydrogens is 674 g/mol. The smallest absolute Gasteiger partial charge is 0.311 e. The standard InChI is InChI=1S/C39H69NO12/c1-15-29-23(5)32(43)24(6)31(42)20(2)17-39(11,45)35(52-37-34(49-27(9)41)28(40(12)13)16-21(3)48-37)25(7)33(26(8)36(44)50-29)51-30-19-38(10,46-14)18-22(4)47-30/h20-26,28-30,32-35,37,43,45H,15-19H2,1-14H3/t20-,21-,22+,23+,24+,25+,26-,28+,29-,30+,32+,33+,34-,35-,37+,38+,39-/m1/s1. The highest BCUT2D eigenvalue weighted by molar-refractivity contribution is 5.83. The minimum absolute atomic E-state index is 0.0364. The average molecular weight is 744 g/mol. The number of nitrogens with zero attached hydrogens (tertiary/aromatic N) is 1. The summed E-state index contributed by atoms with van der Waals surface area (Å²) in [6.07, 6.45) is -5.09. The Balaban J connectivity index is 2.20. The number of likely N-dealkylation sites (N-methyl/N-ethyl adjacent to an activating group) is 1. The summed E-state index contributed by atoms with van der Waals surface area (Å²) >= 11 is 0. The maximum absolute atomic E-state index is 14.1. The van der Waals surface area contributed by atoms with E-state index in [-0.39, 0.29) is 30.5 Å². The highest BCUT2D eigenvalue weighted by Gasteiger charge is 2.52. The Morgan fingerprint density at radius 3 is 2.10 bits per heavy atom. The zero-order valence-corrected chi connectivity index (χ0v) is 34.1. The van der Waals surface area contributed by atoms with E-state index >= 15 is 0 Å². The maximum Gasteiger partial charge on any atom is 0.311 e. The number of methoxy groups -OCH3 is 1. The molecule has 13 heteroatoms. The number of aliphatic hydroxyl groups is 2. The molecule has 52 heavy (non-hydrogen) atoms. The van der Waals surface area contributed by atoms with Gasteiger partial charge in [-0.3, -0.25) is 14.4 Å². The first-order chi connectivity index (χ1) is 24.0. The Labute approximate surface area is 311 Å². The van der Waals surface area contributed by atoms with Crippen LogP contribution >= 0.6 is 0 Å². The van der Waals surface area contributed by atoms with Crippen LogP contribution in [0, 0.1) is 29.6 Å². The van der Waals surface area contributed by atoms with E-state index in [1.807, 2.05) is 53.6 Å². The van der Waals surface area contributed by atoms with Crippen molar-refractivity contribution in [3.8, 4) is 0 Å². The lowest BCUT2D eigenvalue weighted by atomic mass is 9.74. The predicted molar refractivity (Wildman–Crippen MR) is 193 cm³/mol. The largest absolute Gasteiger partial charge is 0.462 e. The van der Waals surface area contributed by atoms with Crippen LogP contribution in [0.3, 0.4) is 0 Å². The number of hydrogen-bond donors (Lipinski definition) is 2. The first-order valence-electron chi connectivity index (χ1n) is 19.2. The quantitative estimate of drug-likeness (QED) is 0.340. The molecule has 13 nitrogen and oxygen atoms in total. The first kappa shape index (κ1) is 44.7. The molecule has 302 valence electrons. The van der Waals surface area contributed by atoms with Gasteiger partial charge in [-0.05, 0) is 68.0 Å². The third-order valence-corrected chi connectivity index (χ3v) is 11.8. The van der Waals surface area contributed by atoms with Crippen molar-refractivity contribution in [1.29, 1.82) is 0 Å². The SMILES string of the molecule is CC[C@H]1OC(=O)[C@H](C)[C@@H](O[C@H]2C[C@@](C)(OC)C[C@H](C)O2)[C@H](C)[C@@H](O[C@@H]2O[C@H](C)C[C@H](N(C)C)[C@H]2OC(C)=O)[C@](C)(O)C[C@@H](C)C(=O)[C@H](C)[C@@H](O)[C@H]1C. The fourth-order valence-corrected chi connectivity index (χ4v) is 8.71. The van der Waals surface area contributed by atoms with Crippen molar-refractivity contribution in [2.24, 2.45) is 29.6 Å². The van der Waals surface area contributed by atoms with Crippen molar-refractivity contribution in [2.45, 2.75) is 181 Å². The van der Waals surface area contributed by atoms with Crippen molar-refractivity contribution in [1.82, 2.24) is 4.90 Å². The van der Waals surface area contributed by atoms with Crippen molar-refractivity contribution < 1.29 is 57.8 Å². The number of aliphatic hydroxyl groups excluding tert-OH is 1. The van der Waals surface area contributed by atoms with E-state index in [4.69, 9.17) is 33.2 Å². The van der Waals surface area contributed by atoms with Gasteiger partial charge in [0.2, 0.25) is 0 Å². The number of ether oxygens (including phenoxy) is 7. The molecule has 0 saturated carbocycles. The normalized spacial score (nSPS) is 46.0. The molecule has 0 amide bonds. The van der Waals surface area contributed by atoms with Crippen LogP contribution in [0.4, 0.5) is 0 Å². The number of hydrogen-bond acceptors (Lipinski definition) is 13. The molecule has 3 rings (SSSR count). The van der Waals surface area contributed by atoms with Gasteiger partial charge in [0, 0.05) is 50.5 Å². The second-order valence-electron chi connectivity index (χ2n) is 16.8. The summed E-state index contributed by atoms with van der Waals surface area (Å²) in [6, 6.07) is -0.267. The molecule has 3 aliphatic rings. The average Bonchev–Trinajstić information content (AvgIpc) is 3.05. The molecule has 3 fully saturated rings. The van der Waals surface area contributed by atoms with Crippen LogP contribution in [0.15, 0.2) is 0 Å². The van der Waals surface area contributed by atoms with E-state index in [0.717, 1.165) is 0 Å². The van der Waals surface area contributed by atoms with Gasteiger partial charge in [-0.2, -0.15) is 0 Å². The first-order valence-corrected chi connectivity index (χ1v) is 19.2. The summed E-state index contributed by atoms with van der Waals surface area (Å²) in [4.78, 5) is 42.4. The van der Waals surface area contributed by atoms with Gasteiger partial charge in [0.1, 0.15) is 11.9 Å². The van der Waals surface area contributed by atoms with Gasteiger partial charge in [-0.25, -0.2) is 0 Å². The molecular formula is C39H69NO12. The van der Waals surface area contributed by atoms with Crippen molar-refractivity contribution in [3.05, 3.63) is 0 Å². The van der Waals surface area contributed by atoms with Gasteiger partial charge in [0.05, 0.1) is 53.7 Å². The van der Waals surface area contributed by atoms with Crippen LogP contribution in [0.5, 0.6) is 0 Å². The number of Topliss-reactive ketones (excluding diaryl/α,β-unsaturated/α-hetero) is 1. The minimum Gasteiger partial charge on any atom is -0.462 e. The lowest BCUT2D eigenvalue weighted by Crippen LogP contribution is -2.60. The van der Waals surface area contributed by atoms with Crippen molar-refractivity contribution in [2.75, 3.05) is 21.2 Å². The number of cyclic esters (lactones) is 1. The molecule has 0 spiro atoms. The maximum atomic E-state index is 14.1. The van der Waals surface area contributed by atoms with E-state index in [1.165, 1.54) is 6.92 Å². The molecule has 3 saturated heterocycles. The molecule has 2 N–H and O–H groups in total.